The molecule has 2 aromatic rings. The Kier molecular flexibility index (Phi) is 4.97. The largest absolute Gasteiger partial charge is 0.367 e. The molecule has 4 aliphatic rings. The van der Waals surface area contributed by atoms with Crippen molar-refractivity contribution in [2.75, 3.05) is 40.9 Å². The van der Waals surface area contributed by atoms with Gasteiger partial charge in [0.2, 0.25) is 21.1 Å². The molecule has 3 aliphatic heterocycles. The number of aliphatic imine (C=N–C) groups is 1. The van der Waals surface area contributed by atoms with Crippen LogP contribution in [0.5, 0.6) is 0 Å². The highest BCUT2D eigenvalue weighted by Crippen LogP contribution is 2.51. The summed E-state index contributed by atoms with van der Waals surface area (Å²) in [5.74, 6) is 0.792. The van der Waals surface area contributed by atoms with Crippen LogP contribution in [0.25, 0.3) is 0 Å². The van der Waals surface area contributed by atoms with Crippen molar-refractivity contribution < 1.29 is 8.42 Å². The number of anilines is 4. The minimum absolute atomic E-state index is 0.279. The lowest BCUT2D eigenvalue weighted by Crippen LogP contribution is -2.54. The molecular formula is C22H30N8O2S2. The van der Waals surface area contributed by atoms with Gasteiger partial charge in [0.1, 0.15) is 5.01 Å². The predicted molar refractivity (Wildman–Crippen MR) is 135 cm³/mol. The number of fused-ring (bicyclic) bond motifs is 3. The summed E-state index contributed by atoms with van der Waals surface area (Å²) in [6.07, 6.45) is 1.72. The van der Waals surface area contributed by atoms with E-state index < -0.39 is 10.0 Å². The molecule has 34 heavy (non-hydrogen) atoms. The second kappa shape index (κ2) is 7.61. The van der Waals surface area contributed by atoms with E-state index >= 15 is 0 Å². The number of sulfonamides is 1. The second-order valence-electron chi connectivity index (χ2n) is 10.1. The summed E-state index contributed by atoms with van der Waals surface area (Å²) < 4.78 is 30.0. The number of nitrogens with zero attached hydrogens (tertiary/aromatic N) is 6. The smallest absolute Gasteiger partial charge is 0.241 e. The minimum Gasteiger partial charge on any atom is -0.367 e. The zero-order valence-electron chi connectivity index (χ0n) is 19.9. The fraction of sp³-hybridized carbons (Fsp3) is 0.591. The highest BCUT2D eigenvalue weighted by molar-refractivity contribution is 7.89. The second-order valence-corrected chi connectivity index (χ2v) is 13.0. The monoisotopic (exact) mass is 502 g/mol. The summed E-state index contributed by atoms with van der Waals surface area (Å²) in [7, 11) is -3.70. The Bertz CT molecular complexity index is 1280. The van der Waals surface area contributed by atoms with Crippen molar-refractivity contribution in [1.29, 1.82) is 0 Å². The van der Waals surface area contributed by atoms with Crippen LogP contribution in [0.1, 0.15) is 38.6 Å². The number of aromatic nitrogens is 2. The molecule has 1 aliphatic carbocycles. The Hall–Kier alpha value is -2.28. The average molecular weight is 503 g/mol. The van der Waals surface area contributed by atoms with E-state index in [9.17, 15) is 8.42 Å². The quantitative estimate of drug-likeness (QED) is 0.641. The van der Waals surface area contributed by atoms with E-state index in [2.05, 4.69) is 43.9 Å². The Morgan fingerprint density at radius 3 is 2.50 bits per heavy atom. The Morgan fingerprint density at radius 1 is 1.15 bits per heavy atom. The molecule has 182 valence electrons. The molecule has 6 rings (SSSR count). The number of rotatable bonds is 5. The van der Waals surface area contributed by atoms with Gasteiger partial charge in [-0.25, -0.2) is 13.1 Å². The molecule has 10 nitrogen and oxygen atoms in total. The van der Waals surface area contributed by atoms with Gasteiger partial charge in [-0.3, -0.25) is 9.89 Å². The highest BCUT2D eigenvalue weighted by Gasteiger charge is 2.44. The van der Waals surface area contributed by atoms with E-state index in [-0.39, 0.29) is 22.5 Å². The third-order valence-electron chi connectivity index (χ3n) is 6.87. The van der Waals surface area contributed by atoms with Gasteiger partial charge in [-0.05, 0) is 52.7 Å². The first-order valence-corrected chi connectivity index (χ1v) is 14.1. The fourth-order valence-corrected chi connectivity index (χ4v) is 7.33. The van der Waals surface area contributed by atoms with Crippen molar-refractivity contribution in [3.05, 3.63) is 17.1 Å². The zero-order valence-corrected chi connectivity index (χ0v) is 21.5. The molecule has 1 aromatic heterocycles. The van der Waals surface area contributed by atoms with Crippen LogP contribution in [-0.2, 0) is 10.0 Å². The van der Waals surface area contributed by atoms with Crippen LogP contribution in [0.3, 0.4) is 0 Å². The molecule has 1 saturated carbocycles. The predicted octanol–water partition coefficient (Wildman–Crippen LogP) is 2.19. The molecule has 1 aromatic carbocycles. The molecule has 2 atom stereocenters. The summed E-state index contributed by atoms with van der Waals surface area (Å²) in [5, 5.41) is 13.7. The van der Waals surface area contributed by atoms with Gasteiger partial charge < -0.3 is 15.1 Å². The Balaban J connectivity index is 1.54. The van der Waals surface area contributed by atoms with Crippen LogP contribution in [0, 0.1) is 6.92 Å². The van der Waals surface area contributed by atoms with E-state index in [1.54, 1.807) is 6.07 Å². The molecule has 0 spiro atoms. The molecule has 2 fully saturated rings. The third-order valence-corrected chi connectivity index (χ3v) is 9.31. The molecule has 1 saturated heterocycles. The van der Waals surface area contributed by atoms with Crippen LogP contribution in [-0.4, -0.2) is 68.4 Å². The molecule has 12 heteroatoms. The van der Waals surface area contributed by atoms with Crippen molar-refractivity contribution >= 4 is 49.5 Å². The lowest BCUT2D eigenvalue weighted by Gasteiger charge is -2.39. The van der Waals surface area contributed by atoms with E-state index in [0.29, 0.717) is 11.7 Å². The SMILES string of the molecule is Cc1nnc(N2C3=NCCN3c3c(N4CC(C)NC(C)C4)cc(S(=O)(=O)NC4(C)CC4)cc32)s1. The third kappa shape index (κ3) is 3.67. The number of hydrogen-bond donors (Lipinski definition) is 2. The van der Waals surface area contributed by atoms with Gasteiger partial charge in [0.15, 0.2) is 0 Å². The first-order valence-electron chi connectivity index (χ1n) is 11.8. The highest BCUT2D eigenvalue weighted by atomic mass is 32.2. The molecule has 0 radical (unpaired) electrons. The molecule has 2 unspecified atom stereocenters. The number of guanidine groups is 1. The summed E-state index contributed by atoms with van der Waals surface area (Å²) in [5.41, 5.74) is 2.38. The molecule has 2 N–H and O–H groups in total. The van der Waals surface area contributed by atoms with Crippen LogP contribution in [0.4, 0.5) is 22.2 Å². The van der Waals surface area contributed by atoms with E-state index in [1.165, 1.54) is 11.3 Å². The maximum absolute atomic E-state index is 13.5. The maximum Gasteiger partial charge on any atom is 0.241 e. The average Bonchev–Trinajstić information content (AvgIpc) is 3.11. The summed E-state index contributed by atoms with van der Waals surface area (Å²) in [6.45, 7) is 11.2. The van der Waals surface area contributed by atoms with E-state index in [1.807, 2.05) is 24.8 Å². The molecular weight excluding hydrogens is 472 g/mol. The van der Waals surface area contributed by atoms with Crippen LogP contribution >= 0.6 is 11.3 Å². The normalized spacial score (nSPS) is 25.4. The molecule has 0 amide bonds. The van der Waals surface area contributed by atoms with Gasteiger partial charge in [-0.15, -0.1) is 10.2 Å². The molecule has 4 heterocycles. The summed E-state index contributed by atoms with van der Waals surface area (Å²) in [6, 6.07) is 4.21. The van der Waals surface area contributed by atoms with Crippen LogP contribution in [0.15, 0.2) is 22.0 Å². The first-order chi connectivity index (χ1) is 16.1. The lowest BCUT2D eigenvalue weighted by molar-refractivity contribution is 0.407. The zero-order chi connectivity index (χ0) is 23.8. The van der Waals surface area contributed by atoms with Gasteiger partial charge in [0, 0.05) is 37.3 Å². The number of aryl methyl sites for hydroxylation is 1. The topological polar surface area (TPSA) is 106 Å². The summed E-state index contributed by atoms with van der Waals surface area (Å²) in [4.78, 5) is 11.5. The van der Waals surface area contributed by atoms with Crippen molar-refractivity contribution in [2.24, 2.45) is 4.99 Å². The van der Waals surface area contributed by atoms with Crippen LogP contribution < -0.4 is 24.7 Å². The van der Waals surface area contributed by atoms with Crippen molar-refractivity contribution in [3.63, 3.8) is 0 Å². The lowest BCUT2D eigenvalue weighted by atomic mass is 10.1. The first kappa shape index (κ1) is 22.2. The van der Waals surface area contributed by atoms with E-state index in [4.69, 9.17) is 4.99 Å². The van der Waals surface area contributed by atoms with Crippen molar-refractivity contribution in [1.82, 2.24) is 20.2 Å². The van der Waals surface area contributed by atoms with Gasteiger partial charge >= 0.3 is 0 Å². The van der Waals surface area contributed by atoms with Gasteiger partial charge in [0.25, 0.3) is 0 Å². The Morgan fingerprint density at radius 2 is 1.85 bits per heavy atom. The minimum atomic E-state index is -3.70. The summed E-state index contributed by atoms with van der Waals surface area (Å²) >= 11 is 1.48. The van der Waals surface area contributed by atoms with E-state index in [0.717, 1.165) is 60.5 Å². The standard InChI is InChI=1S/C22H30N8O2S2/c1-13-11-28(12-14(2)24-13)17-9-16(34(31,32)27-22(4)5-6-22)10-18-19(17)29-8-7-23-20(29)30(18)21-26-25-15(3)33-21/h9-10,13-14,24,27H,5-8,11-12H2,1-4H3. The molecule has 0 bridgehead atoms. The van der Waals surface area contributed by atoms with Gasteiger partial charge in [-0.2, -0.15) is 0 Å². The van der Waals surface area contributed by atoms with Crippen molar-refractivity contribution in [3.8, 4) is 0 Å². The number of hydrogen-bond acceptors (Lipinski definition) is 10. The number of nitrogens with one attached hydrogen (secondary N) is 2. The Labute approximate surface area is 204 Å². The number of benzene rings is 1. The van der Waals surface area contributed by atoms with Crippen LogP contribution in [0.2, 0.25) is 0 Å². The number of piperazine rings is 1. The van der Waals surface area contributed by atoms with Gasteiger partial charge in [-0.1, -0.05) is 11.3 Å². The van der Waals surface area contributed by atoms with Gasteiger partial charge in [0.05, 0.1) is 28.5 Å². The van der Waals surface area contributed by atoms with Crippen molar-refractivity contribution in [2.45, 2.75) is 63.1 Å². The fourth-order valence-electron chi connectivity index (χ4n) is 5.13. The maximum atomic E-state index is 13.5.